The summed E-state index contributed by atoms with van der Waals surface area (Å²) in [7, 11) is 0. The van der Waals surface area contributed by atoms with Crippen LogP contribution in [0.5, 0.6) is 5.75 Å². The minimum absolute atomic E-state index is 0.244. The molecular formula is C13H14FN3O. The zero-order valence-electron chi connectivity index (χ0n) is 9.98. The van der Waals surface area contributed by atoms with Crippen molar-refractivity contribution in [2.75, 3.05) is 17.7 Å². The highest BCUT2D eigenvalue weighted by atomic mass is 19.1. The lowest BCUT2D eigenvalue weighted by molar-refractivity contribution is 0.321. The van der Waals surface area contributed by atoms with E-state index in [-0.39, 0.29) is 5.75 Å². The number of nitrogen functional groups attached to an aromatic ring is 1. The van der Waals surface area contributed by atoms with Gasteiger partial charge in [-0.15, -0.1) is 0 Å². The Hall–Kier alpha value is -2.30. The van der Waals surface area contributed by atoms with Crippen LogP contribution in [0.25, 0.3) is 0 Å². The molecule has 94 valence electrons. The number of pyridine rings is 1. The number of rotatable bonds is 4. The maximum atomic E-state index is 13.6. The van der Waals surface area contributed by atoms with Crippen molar-refractivity contribution >= 4 is 17.2 Å². The second kappa shape index (κ2) is 5.35. The van der Waals surface area contributed by atoms with Gasteiger partial charge in [0, 0.05) is 11.8 Å². The molecule has 0 aliphatic heterocycles. The van der Waals surface area contributed by atoms with Gasteiger partial charge in [0.1, 0.15) is 5.82 Å². The van der Waals surface area contributed by atoms with Crippen LogP contribution in [-0.2, 0) is 0 Å². The van der Waals surface area contributed by atoms with Crippen LogP contribution in [0.3, 0.4) is 0 Å². The summed E-state index contributed by atoms with van der Waals surface area (Å²) in [6.45, 7) is 2.24. The van der Waals surface area contributed by atoms with Crippen molar-refractivity contribution in [3.63, 3.8) is 0 Å². The lowest BCUT2D eigenvalue weighted by Crippen LogP contribution is -1.98. The van der Waals surface area contributed by atoms with Gasteiger partial charge in [0.2, 0.25) is 0 Å². The van der Waals surface area contributed by atoms with Crippen LogP contribution in [0.1, 0.15) is 6.92 Å². The van der Waals surface area contributed by atoms with Crippen LogP contribution < -0.4 is 15.8 Å². The molecule has 0 spiro atoms. The molecule has 18 heavy (non-hydrogen) atoms. The predicted octanol–water partition coefficient (Wildman–Crippen LogP) is 2.95. The van der Waals surface area contributed by atoms with E-state index in [2.05, 4.69) is 10.3 Å². The molecule has 0 bridgehead atoms. The van der Waals surface area contributed by atoms with Gasteiger partial charge in [-0.25, -0.2) is 9.37 Å². The largest absolute Gasteiger partial charge is 0.491 e. The third-order valence-electron chi connectivity index (χ3n) is 2.29. The van der Waals surface area contributed by atoms with Gasteiger partial charge in [0.05, 0.1) is 18.5 Å². The van der Waals surface area contributed by atoms with Gasteiger partial charge in [-0.1, -0.05) is 0 Å². The molecule has 5 heteroatoms. The minimum atomic E-state index is -0.405. The molecule has 1 aromatic carbocycles. The third-order valence-corrected chi connectivity index (χ3v) is 2.29. The number of nitrogens with zero attached hydrogens (tertiary/aromatic N) is 1. The SMILES string of the molecule is CCOc1ccc(Nc2ccc(N)cn2)cc1F. The fraction of sp³-hybridized carbons (Fsp3) is 0.154. The number of aromatic nitrogens is 1. The molecule has 0 radical (unpaired) electrons. The molecule has 0 amide bonds. The van der Waals surface area contributed by atoms with Crippen LogP contribution in [0.4, 0.5) is 21.6 Å². The Balaban J connectivity index is 2.14. The summed E-state index contributed by atoms with van der Waals surface area (Å²) in [5.74, 6) is 0.443. The first-order valence-electron chi connectivity index (χ1n) is 5.60. The van der Waals surface area contributed by atoms with Crippen molar-refractivity contribution in [1.82, 2.24) is 4.98 Å². The highest BCUT2D eigenvalue weighted by molar-refractivity contribution is 5.58. The molecule has 0 aliphatic rings. The summed E-state index contributed by atoms with van der Waals surface area (Å²) in [5, 5.41) is 2.98. The van der Waals surface area contributed by atoms with E-state index in [0.717, 1.165) is 0 Å². The van der Waals surface area contributed by atoms with Crippen LogP contribution in [0.2, 0.25) is 0 Å². The molecule has 0 unspecified atom stereocenters. The molecule has 0 saturated heterocycles. The van der Waals surface area contributed by atoms with Gasteiger partial charge in [-0.05, 0) is 31.2 Å². The van der Waals surface area contributed by atoms with E-state index in [9.17, 15) is 4.39 Å². The second-order valence-electron chi connectivity index (χ2n) is 3.68. The number of hydrogen-bond donors (Lipinski definition) is 2. The molecular weight excluding hydrogens is 233 g/mol. The Kier molecular flexibility index (Phi) is 3.62. The van der Waals surface area contributed by atoms with Crippen molar-refractivity contribution < 1.29 is 9.13 Å². The van der Waals surface area contributed by atoms with Gasteiger partial charge in [0.15, 0.2) is 11.6 Å². The molecule has 0 fully saturated rings. The topological polar surface area (TPSA) is 60.2 Å². The quantitative estimate of drug-likeness (QED) is 0.872. The maximum absolute atomic E-state index is 13.6. The van der Waals surface area contributed by atoms with Crippen molar-refractivity contribution in [2.24, 2.45) is 0 Å². The molecule has 2 rings (SSSR count). The summed E-state index contributed by atoms with van der Waals surface area (Å²) in [6, 6.07) is 8.12. The van der Waals surface area contributed by atoms with Crippen LogP contribution in [0, 0.1) is 5.82 Å². The van der Waals surface area contributed by atoms with E-state index in [1.807, 2.05) is 6.92 Å². The number of nitrogens with one attached hydrogen (secondary N) is 1. The molecule has 0 atom stereocenters. The Labute approximate surface area is 105 Å². The summed E-state index contributed by atoms with van der Waals surface area (Å²) < 4.78 is 18.7. The molecule has 1 aromatic heterocycles. The number of halogens is 1. The Morgan fingerprint density at radius 3 is 2.78 bits per heavy atom. The highest BCUT2D eigenvalue weighted by Crippen LogP contribution is 2.23. The van der Waals surface area contributed by atoms with E-state index in [1.54, 1.807) is 24.3 Å². The van der Waals surface area contributed by atoms with Crippen molar-refractivity contribution in [2.45, 2.75) is 6.92 Å². The summed E-state index contributed by atoms with van der Waals surface area (Å²) in [5.41, 5.74) is 6.72. The van der Waals surface area contributed by atoms with E-state index < -0.39 is 5.82 Å². The fourth-order valence-corrected chi connectivity index (χ4v) is 1.48. The number of benzene rings is 1. The normalized spacial score (nSPS) is 10.1. The number of anilines is 3. The summed E-state index contributed by atoms with van der Waals surface area (Å²) >= 11 is 0. The monoisotopic (exact) mass is 247 g/mol. The Bertz CT molecular complexity index is 528. The van der Waals surface area contributed by atoms with Gasteiger partial charge in [-0.2, -0.15) is 0 Å². The highest BCUT2D eigenvalue weighted by Gasteiger charge is 2.04. The first-order chi connectivity index (χ1) is 8.69. The first kappa shape index (κ1) is 12.2. The summed E-state index contributed by atoms with van der Waals surface area (Å²) in [6.07, 6.45) is 1.53. The number of ether oxygens (including phenoxy) is 1. The molecule has 0 saturated carbocycles. The molecule has 1 heterocycles. The molecule has 3 N–H and O–H groups in total. The van der Waals surface area contributed by atoms with Gasteiger partial charge >= 0.3 is 0 Å². The van der Waals surface area contributed by atoms with Gasteiger partial charge < -0.3 is 15.8 Å². The van der Waals surface area contributed by atoms with E-state index in [1.165, 1.54) is 12.3 Å². The van der Waals surface area contributed by atoms with Crippen LogP contribution in [-0.4, -0.2) is 11.6 Å². The van der Waals surface area contributed by atoms with Gasteiger partial charge in [0.25, 0.3) is 0 Å². The van der Waals surface area contributed by atoms with Crippen LogP contribution in [0.15, 0.2) is 36.5 Å². The first-order valence-corrected chi connectivity index (χ1v) is 5.60. The third kappa shape index (κ3) is 2.88. The second-order valence-corrected chi connectivity index (χ2v) is 3.68. The average molecular weight is 247 g/mol. The summed E-state index contributed by atoms with van der Waals surface area (Å²) in [4.78, 5) is 4.07. The zero-order valence-corrected chi connectivity index (χ0v) is 9.98. The Morgan fingerprint density at radius 2 is 2.17 bits per heavy atom. The van der Waals surface area contributed by atoms with E-state index >= 15 is 0 Å². The molecule has 2 aromatic rings. The maximum Gasteiger partial charge on any atom is 0.167 e. The Morgan fingerprint density at radius 1 is 1.33 bits per heavy atom. The average Bonchev–Trinajstić information content (AvgIpc) is 2.36. The minimum Gasteiger partial charge on any atom is -0.491 e. The lowest BCUT2D eigenvalue weighted by Gasteiger charge is -2.08. The van der Waals surface area contributed by atoms with E-state index in [4.69, 9.17) is 10.5 Å². The number of hydrogen-bond acceptors (Lipinski definition) is 4. The van der Waals surface area contributed by atoms with Crippen molar-refractivity contribution in [3.8, 4) is 5.75 Å². The van der Waals surface area contributed by atoms with Crippen LogP contribution >= 0.6 is 0 Å². The predicted molar refractivity (Wildman–Crippen MR) is 69.5 cm³/mol. The fourth-order valence-electron chi connectivity index (χ4n) is 1.48. The number of nitrogens with two attached hydrogens (primary N) is 1. The standard InChI is InChI=1S/C13H14FN3O/c1-2-18-12-5-4-10(7-11(12)14)17-13-6-3-9(15)8-16-13/h3-8H,2,15H2,1H3,(H,16,17). The lowest BCUT2D eigenvalue weighted by atomic mass is 10.3. The molecule has 0 aliphatic carbocycles. The molecule has 4 nitrogen and oxygen atoms in total. The van der Waals surface area contributed by atoms with E-state index in [0.29, 0.717) is 23.8 Å². The van der Waals surface area contributed by atoms with Crippen molar-refractivity contribution in [3.05, 3.63) is 42.3 Å². The van der Waals surface area contributed by atoms with Gasteiger partial charge in [-0.3, -0.25) is 0 Å². The smallest absolute Gasteiger partial charge is 0.167 e. The zero-order chi connectivity index (χ0) is 13.0. The van der Waals surface area contributed by atoms with Crippen molar-refractivity contribution in [1.29, 1.82) is 0 Å².